The van der Waals surface area contributed by atoms with Gasteiger partial charge in [-0.25, -0.2) is 8.42 Å². The molecule has 1 N–H and O–H groups in total. The fraction of sp³-hybridized carbons (Fsp3) is 0.286. The van der Waals surface area contributed by atoms with Crippen LogP contribution in [-0.4, -0.2) is 44.3 Å². The number of rotatable bonds is 12. The zero-order valence-corrected chi connectivity index (χ0v) is 25.5. The SMILES string of the molecule is CCCNC(=O)[C@@H](CC)N(Cc1ccc(Cl)c(Cl)c1)C(=O)CN(c1cccc(Br)c1)S(=O)(=O)c1ccccc1. The molecule has 0 radical (unpaired) electrons. The lowest BCUT2D eigenvalue weighted by Crippen LogP contribution is -2.52. The second-order valence-corrected chi connectivity index (χ2v) is 12.4. The zero-order valence-electron chi connectivity index (χ0n) is 21.6. The monoisotopic (exact) mass is 653 g/mol. The first kappa shape index (κ1) is 30.9. The molecule has 0 heterocycles. The number of halogens is 3. The highest BCUT2D eigenvalue weighted by Gasteiger charge is 2.33. The molecule has 0 saturated heterocycles. The van der Waals surface area contributed by atoms with Crippen LogP contribution in [0.2, 0.25) is 10.0 Å². The normalized spacial score (nSPS) is 12.0. The number of anilines is 1. The Labute approximate surface area is 248 Å². The highest BCUT2D eigenvalue weighted by Crippen LogP contribution is 2.28. The third kappa shape index (κ3) is 7.97. The molecule has 0 bridgehead atoms. The molecule has 1 atom stereocenters. The lowest BCUT2D eigenvalue weighted by Gasteiger charge is -2.33. The highest BCUT2D eigenvalue weighted by atomic mass is 79.9. The minimum Gasteiger partial charge on any atom is -0.354 e. The van der Waals surface area contributed by atoms with E-state index in [-0.39, 0.29) is 17.3 Å². The van der Waals surface area contributed by atoms with Crippen LogP contribution in [0, 0.1) is 0 Å². The Kier molecular flexibility index (Phi) is 11.2. The minimum absolute atomic E-state index is 0.0332. The maximum Gasteiger partial charge on any atom is 0.264 e. The van der Waals surface area contributed by atoms with Crippen molar-refractivity contribution < 1.29 is 18.0 Å². The van der Waals surface area contributed by atoms with Crippen LogP contribution in [0.4, 0.5) is 5.69 Å². The third-order valence-corrected chi connectivity index (χ3v) is 9.00. The van der Waals surface area contributed by atoms with Crippen molar-refractivity contribution in [3.8, 4) is 0 Å². The Hall–Kier alpha value is -2.59. The van der Waals surface area contributed by atoms with Crippen LogP contribution in [-0.2, 0) is 26.2 Å². The third-order valence-electron chi connectivity index (χ3n) is 5.98. The van der Waals surface area contributed by atoms with Crippen molar-refractivity contribution in [2.24, 2.45) is 0 Å². The molecule has 3 aromatic rings. The molecular weight excluding hydrogens is 625 g/mol. The first-order valence-corrected chi connectivity index (χ1v) is 15.4. The summed E-state index contributed by atoms with van der Waals surface area (Å²) >= 11 is 15.7. The van der Waals surface area contributed by atoms with E-state index < -0.39 is 28.5 Å². The fourth-order valence-electron chi connectivity index (χ4n) is 4.00. The van der Waals surface area contributed by atoms with Crippen molar-refractivity contribution >= 4 is 66.7 Å². The minimum atomic E-state index is -4.13. The topological polar surface area (TPSA) is 86.8 Å². The molecule has 0 saturated carbocycles. The molecule has 0 aliphatic rings. The lowest BCUT2D eigenvalue weighted by atomic mass is 10.1. The summed E-state index contributed by atoms with van der Waals surface area (Å²) in [6.07, 6.45) is 1.06. The van der Waals surface area contributed by atoms with Crippen LogP contribution in [0.1, 0.15) is 32.3 Å². The second kappa shape index (κ2) is 14.2. The Bertz CT molecular complexity index is 1410. The van der Waals surface area contributed by atoms with Gasteiger partial charge in [0.25, 0.3) is 10.0 Å². The maximum atomic E-state index is 14.0. The van der Waals surface area contributed by atoms with Crippen molar-refractivity contribution in [1.29, 1.82) is 0 Å². The average Bonchev–Trinajstić information content (AvgIpc) is 2.92. The number of nitrogens with zero attached hydrogens (tertiary/aromatic N) is 2. The molecule has 0 unspecified atom stereocenters. The van der Waals surface area contributed by atoms with E-state index in [4.69, 9.17) is 23.2 Å². The molecule has 0 spiro atoms. The van der Waals surface area contributed by atoms with Gasteiger partial charge in [-0.05, 0) is 60.9 Å². The van der Waals surface area contributed by atoms with Crippen LogP contribution in [0.3, 0.4) is 0 Å². The van der Waals surface area contributed by atoms with Gasteiger partial charge < -0.3 is 10.2 Å². The summed E-state index contributed by atoms with van der Waals surface area (Å²) in [6.45, 7) is 3.71. The maximum absolute atomic E-state index is 14.0. The highest BCUT2D eigenvalue weighted by molar-refractivity contribution is 9.10. The number of carbonyl (C=O) groups is 2. The molecule has 0 aliphatic carbocycles. The Balaban J connectivity index is 2.05. The number of hydrogen-bond donors (Lipinski definition) is 1. The van der Waals surface area contributed by atoms with Gasteiger partial charge in [0.2, 0.25) is 11.8 Å². The summed E-state index contributed by atoms with van der Waals surface area (Å²) in [4.78, 5) is 28.6. The zero-order chi connectivity index (χ0) is 28.6. The summed E-state index contributed by atoms with van der Waals surface area (Å²) < 4.78 is 29.3. The van der Waals surface area contributed by atoms with E-state index in [1.807, 2.05) is 6.92 Å². The number of benzene rings is 3. The van der Waals surface area contributed by atoms with Crippen LogP contribution >= 0.6 is 39.1 Å². The number of sulfonamides is 1. The smallest absolute Gasteiger partial charge is 0.264 e. The first-order valence-electron chi connectivity index (χ1n) is 12.4. The molecule has 0 aliphatic heterocycles. The van der Waals surface area contributed by atoms with Gasteiger partial charge >= 0.3 is 0 Å². The summed E-state index contributed by atoms with van der Waals surface area (Å²) in [5.74, 6) is -0.855. The lowest BCUT2D eigenvalue weighted by molar-refractivity contribution is -0.140. The molecule has 2 amide bonds. The van der Waals surface area contributed by atoms with Gasteiger partial charge in [0, 0.05) is 17.6 Å². The number of hydrogen-bond acceptors (Lipinski definition) is 4. The second-order valence-electron chi connectivity index (χ2n) is 8.79. The van der Waals surface area contributed by atoms with E-state index in [0.717, 1.165) is 10.7 Å². The largest absolute Gasteiger partial charge is 0.354 e. The van der Waals surface area contributed by atoms with E-state index in [9.17, 15) is 18.0 Å². The molecular formula is C28H30BrCl2N3O4S. The van der Waals surface area contributed by atoms with Crippen LogP contribution in [0.5, 0.6) is 0 Å². The first-order chi connectivity index (χ1) is 18.6. The van der Waals surface area contributed by atoms with Crippen LogP contribution in [0.15, 0.2) is 82.2 Å². The number of amides is 2. The molecule has 11 heteroatoms. The van der Waals surface area contributed by atoms with Crippen molar-refractivity contribution in [3.05, 3.63) is 92.9 Å². The molecule has 0 fully saturated rings. The molecule has 3 rings (SSSR count). The Morgan fingerprint density at radius 3 is 2.28 bits per heavy atom. The Morgan fingerprint density at radius 1 is 0.949 bits per heavy atom. The van der Waals surface area contributed by atoms with Gasteiger partial charge in [-0.15, -0.1) is 0 Å². The summed E-state index contributed by atoms with van der Waals surface area (Å²) in [7, 11) is -4.13. The van der Waals surface area contributed by atoms with E-state index in [2.05, 4.69) is 21.2 Å². The van der Waals surface area contributed by atoms with Crippen molar-refractivity contribution in [2.45, 2.75) is 44.2 Å². The molecule has 0 aromatic heterocycles. The predicted molar refractivity (Wildman–Crippen MR) is 160 cm³/mol. The predicted octanol–water partition coefficient (Wildman–Crippen LogP) is 6.28. The standard InChI is InChI=1S/C28H30BrCl2N3O4S/c1-3-15-32-28(36)26(4-2)33(18-20-13-14-24(30)25(31)16-20)27(35)19-34(22-10-8-9-21(29)17-22)39(37,38)23-11-6-5-7-12-23/h5-14,16-17,26H,3-4,15,18-19H2,1-2H3,(H,32,36)/t26-/m1/s1. The van der Waals surface area contributed by atoms with Gasteiger partial charge in [-0.1, -0.05) is 83.3 Å². The van der Waals surface area contributed by atoms with Crippen molar-refractivity contribution in [1.82, 2.24) is 10.2 Å². The van der Waals surface area contributed by atoms with Gasteiger partial charge in [0.05, 0.1) is 20.6 Å². The number of nitrogens with one attached hydrogen (secondary N) is 1. The average molecular weight is 655 g/mol. The summed E-state index contributed by atoms with van der Waals surface area (Å²) in [6, 6.07) is 18.8. The van der Waals surface area contributed by atoms with Crippen molar-refractivity contribution in [2.75, 3.05) is 17.4 Å². The fourth-order valence-corrected chi connectivity index (χ4v) is 6.13. The number of carbonyl (C=O) groups excluding carboxylic acids is 2. The molecule has 3 aromatic carbocycles. The molecule has 208 valence electrons. The molecule has 7 nitrogen and oxygen atoms in total. The summed E-state index contributed by atoms with van der Waals surface area (Å²) in [5, 5.41) is 3.53. The van der Waals surface area contributed by atoms with Gasteiger partial charge in [0.1, 0.15) is 12.6 Å². The van der Waals surface area contributed by atoms with Gasteiger partial charge in [0.15, 0.2) is 0 Å². The van der Waals surface area contributed by atoms with Crippen LogP contribution in [0.25, 0.3) is 0 Å². The van der Waals surface area contributed by atoms with E-state index >= 15 is 0 Å². The van der Waals surface area contributed by atoms with E-state index in [1.165, 1.54) is 17.0 Å². The van der Waals surface area contributed by atoms with E-state index in [0.29, 0.717) is 38.7 Å². The van der Waals surface area contributed by atoms with Crippen molar-refractivity contribution in [3.63, 3.8) is 0 Å². The van der Waals surface area contributed by atoms with Crippen LogP contribution < -0.4 is 9.62 Å². The van der Waals surface area contributed by atoms with Gasteiger partial charge in [-0.2, -0.15) is 0 Å². The summed E-state index contributed by atoms with van der Waals surface area (Å²) in [5.41, 5.74) is 0.957. The molecule has 39 heavy (non-hydrogen) atoms. The Morgan fingerprint density at radius 2 is 1.67 bits per heavy atom. The van der Waals surface area contributed by atoms with E-state index in [1.54, 1.807) is 67.6 Å². The van der Waals surface area contributed by atoms with Gasteiger partial charge in [-0.3, -0.25) is 13.9 Å². The quantitative estimate of drug-likeness (QED) is 0.249.